The van der Waals surface area contributed by atoms with Gasteiger partial charge in [0, 0.05) is 21.5 Å². The molecule has 0 fully saturated rings. The maximum absolute atomic E-state index is 12.8. The van der Waals surface area contributed by atoms with E-state index in [1.807, 2.05) is 12.1 Å². The first-order chi connectivity index (χ1) is 14.8. The summed E-state index contributed by atoms with van der Waals surface area (Å²) in [6, 6.07) is 17.4. The van der Waals surface area contributed by atoms with Gasteiger partial charge in [0.15, 0.2) is 5.65 Å². The highest BCUT2D eigenvalue weighted by Gasteiger charge is 2.15. The number of nitrogens with one attached hydrogen (secondary N) is 2. The molecule has 2 aromatic carbocycles. The van der Waals surface area contributed by atoms with Crippen LogP contribution in [0, 0.1) is 0 Å². The number of nitrogens with zero attached hydrogens (tertiary/aromatic N) is 3. The lowest BCUT2D eigenvalue weighted by Crippen LogP contribution is -2.13. The summed E-state index contributed by atoms with van der Waals surface area (Å²) in [6.07, 6.45) is 1.44. The van der Waals surface area contributed by atoms with Crippen molar-refractivity contribution in [2.75, 3.05) is 10.0 Å². The molecule has 31 heavy (non-hydrogen) atoms. The second kappa shape index (κ2) is 8.60. The lowest BCUT2D eigenvalue weighted by molar-refractivity contribution is 0.601. The molecule has 4 rings (SSSR count). The van der Waals surface area contributed by atoms with Gasteiger partial charge in [0.1, 0.15) is 12.1 Å². The summed E-state index contributed by atoms with van der Waals surface area (Å²) in [5, 5.41) is 3.95. The van der Waals surface area contributed by atoms with Crippen molar-refractivity contribution in [3.63, 3.8) is 0 Å². The number of rotatable bonds is 6. The first kappa shape index (κ1) is 21.2. The number of hydrogen-bond donors (Lipinski definition) is 2. The fraction of sp³-hybridized carbons (Fsp3) is 0.136. The lowest BCUT2D eigenvalue weighted by Gasteiger charge is -2.12. The molecular weight excluding hydrogens is 478 g/mol. The molecule has 7 nitrogen and oxygen atoms in total. The zero-order valence-electron chi connectivity index (χ0n) is 16.9. The third-order valence-corrected chi connectivity index (χ3v) is 6.52. The molecule has 4 aromatic rings. The molecular formula is C22H20BrN5O2S. The summed E-state index contributed by atoms with van der Waals surface area (Å²) in [7, 11) is -3.75. The number of aromatic nitrogens is 3. The molecule has 2 aromatic heterocycles. The smallest absolute Gasteiger partial charge is 0.261 e. The van der Waals surface area contributed by atoms with Crippen molar-refractivity contribution in [2.45, 2.75) is 24.7 Å². The average Bonchev–Trinajstić information content (AvgIpc) is 2.75. The van der Waals surface area contributed by atoms with E-state index in [2.05, 4.69) is 54.8 Å². The Bertz CT molecular complexity index is 1340. The number of anilines is 3. The van der Waals surface area contributed by atoms with Gasteiger partial charge in [-0.25, -0.2) is 23.4 Å². The third kappa shape index (κ3) is 4.83. The van der Waals surface area contributed by atoms with Crippen LogP contribution >= 0.6 is 15.9 Å². The van der Waals surface area contributed by atoms with Gasteiger partial charge in [-0.05, 0) is 60.5 Å². The van der Waals surface area contributed by atoms with Gasteiger partial charge >= 0.3 is 0 Å². The molecule has 0 unspecified atom stereocenters. The fourth-order valence-corrected chi connectivity index (χ4v) is 4.36. The molecule has 9 heteroatoms. The van der Waals surface area contributed by atoms with Crippen molar-refractivity contribution in [2.24, 2.45) is 0 Å². The Morgan fingerprint density at radius 2 is 1.71 bits per heavy atom. The molecule has 0 saturated heterocycles. The van der Waals surface area contributed by atoms with Gasteiger partial charge in [0.25, 0.3) is 10.0 Å². The number of halogens is 1. The first-order valence-corrected chi connectivity index (χ1v) is 11.9. The maximum atomic E-state index is 12.8. The van der Waals surface area contributed by atoms with Crippen LogP contribution in [0.15, 0.2) is 76.4 Å². The van der Waals surface area contributed by atoms with Crippen molar-refractivity contribution in [1.29, 1.82) is 0 Å². The molecule has 0 radical (unpaired) electrons. The van der Waals surface area contributed by atoms with E-state index in [4.69, 9.17) is 0 Å². The number of sulfonamides is 1. The third-order valence-electron chi connectivity index (χ3n) is 4.61. The molecule has 0 spiro atoms. The molecule has 2 heterocycles. The summed E-state index contributed by atoms with van der Waals surface area (Å²) in [5.74, 6) is 0.846. The summed E-state index contributed by atoms with van der Waals surface area (Å²) in [5.41, 5.74) is 2.61. The highest BCUT2D eigenvalue weighted by atomic mass is 79.9. The summed E-state index contributed by atoms with van der Waals surface area (Å²) < 4.78 is 29.1. The Hall–Kier alpha value is -3.04. The van der Waals surface area contributed by atoms with Crippen LogP contribution in [0.4, 0.5) is 17.2 Å². The Balaban J connectivity index is 1.62. The van der Waals surface area contributed by atoms with Crippen molar-refractivity contribution in [3.8, 4) is 0 Å². The zero-order chi connectivity index (χ0) is 22.0. The minimum Gasteiger partial charge on any atom is -0.340 e. The summed E-state index contributed by atoms with van der Waals surface area (Å²) in [4.78, 5) is 13.3. The average molecular weight is 498 g/mol. The van der Waals surface area contributed by atoms with E-state index >= 15 is 0 Å². The summed E-state index contributed by atoms with van der Waals surface area (Å²) >= 11 is 3.34. The normalized spacial score (nSPS) is 11.6. The van der Waals surface area contributed by atoms with E-state index in [1.54, 1.807) is 48.5 Å². The van der Waals surface area contributed by atoms with Gasteiger partial charge in [-0.15, -0.1) is 0 Å². The van der Waals surface area contributed by atoms with Crippen molar-refractivity contribution >= 4 is 54.2 Å². The maximum Gasteiger partial charge on any atom is 0.261 e. The number of benzene rings is 2. The highest BCUT2D eigenvalue weighted by Crippen LogP contribution is 2.26. The quantitative estimate of drug-likeness (QED) is 0.367. The van der Waals surface area contributed by atoms with Crippen molar-refractivity contribution < 1.29 is 8.42 Å². The van der Waals surface area contributed by atoms with Crippen LogP contribution in [0.2, 0.25) is 0 Å². The van der Waals surface area contributed by atoms with Crippen molar-refractivity contribution in [1.82, 2.24) is 15.0 Å². The van der Waals surface area contributed by atoms with Crippen LogP contribution in [0.5, 0.6) is 0 Å². The molecule has 0 aliphatic heterocycles. The van der Waals surface area contributed by atoms with Crippen molar-refractivity contribution in [3.05, 3.63) is 77.2 Å². The van der Waals surface area contributed by atoms with E-state index in [1.165, 1.54) is 6.33 Å². The molecule has 158 valence electrons. The Labute approximate surface area is 189 Å². The molecule has 0 saturated carbocycles. The monoisotopic (exact) mass is 497 g/mol. The van der Waals surface area contributed by atoms with Gasteiger partial charge in [-0.1, -0.05) is 35.8 Å². The molecule has 0 aliphatic carbocycles. The molecule has 0 bridgehead atoms. The largest absolute Gasteiger partial charge is 0.340 e. The molecule has 0 atom stereocenters. The Kier molecular flexibility index (Phi) is 5.88. The fourth-order valence-electron chi connectivity index (χ4n) is 2.99. The minimum atomic E-state index is -3.75. The number of fused-ring (bicyclic) bond motifs is 1. The molecule has 0 aliphatic rings. The molecule has 2 N–H and O–H groups in total. The zero-order valence-corrected chi connectivity index (χ0v) is 19.3. The van der Waals surface area contributed by atoms with Gasteiger partial charge in [0.05, 0.1) is 10.3 Å². The van der Waals surface area contributed by atoms with Gasteiger partial charge < -0.3 is 5.32 Å². The van der Waals surface area contributed by atoms with Crippen LogP contribution in [-0.2, 0) is 10.0 Å². The number of pyridine rings is 1. The van der Waals surface area contributed by atoms with E-state index in [0.29, 0.717) is 22.8 Å². The van der Waals surface area contributed by atoms with Gasteiger partial charge in [0.2, 0.25) is 0 Å². The Morgan fingerprint density at radius 1 is 0.935 bits per heavy atom. The first-order valence-electron chi connectivity index (χ1n) is 9.59. The lowest BCUT2D eigenvalue weighted by atomic mass is 10.1. The van der Waals surface area contributed by atoms with E-state index in [0.717, 1.165) is 15.6 Å². The van der Waals surface area contributed by atoms with Crippen LogP contribution < -0.4 is 10.0 Å². The minimum absolute atomic E-state index is 0.138. The predicted molar refractivity (Wildman–Crippen MR) is 126 cm³/mol. The molecule has 0 amide bonds. The van der Waals surface area contributed by atoms with E-state index in [-0.39, 0.29) is 10.8 Å². The summed E-state index contributed by atoms with van der Waals surface area (Å²) in [6.45, 7) is 4.14. The van der Waals surface area contributed by atoms with Gasteiger partial charge in [-0.2, -0.15) is 0 Å². The van der Waals surface area contributed by atoms with Gasteiger partial charge in [-0.3, -0.25) is 4.72 Å². The number of hydrogen-bond acceptors (Lipinski definition) is 6. The second-order valence-electron chi connectivity index (χ2n) is 7.25. The highest BCUT2D eigenvalue weighted by molar-refractivity contribution is 9.10. The van der Waals surface area contributed by atoms with E-state index in [9.17, 15) is 8.42 Å². The van der Waals surface area contributed by atoms with Crippen LogP contribution in [0.3, 0.4) is 0 Å². The predicted octanol–water partition coefficient (Wildman–Crippen LogP) is 5.46. The van der Waals surface area contributed by atoms with E-state index < -0.39 is 10.0 Å². The topological polar surface area (TPSA) is 96.9 Å². The standard InChI is InChI=1S/C22H20BrN5O2S/c1-14(2)20-11-10-19-21(24-13-25-22(19)27-20)26-17-4-3-5-18(12-17)31(29,30)28-16-8-6-15(23)7-9-16/h3-14,28H,1-2H3,(H,24,25,26,27). The van der Waals surface area contributed by atoms with Crippen LogP contribution in [-0.4, -0.2) is 23.4 Å². The van der Waals surface area contributed by atoms with Crippen LogP contribution in [0.25, 0.3) is 11.0 Å². The Morgan fingerprint density at radius 3 is 2.45 bits per heavy atom. The SMILES string of the molecule is CC(C)c1ccc2c(Nc3cccc(S(=O)(=O)Nc4ccc(Br)cc4)c3)ncnc2n1. The van der Waals surface area contributed by atoms with Crippen LogP contribution in [0.1, 0.15) is 25.5 Å². The second-order valence-corrected chi connectivity index (χ2v) is 9.85.